The monoisotopic (exact) mass is 279 g/mol. The molecule has 0 N–H and O–H groups in total. The summed E-state index contributed by atoms with van der Waals surface area (Å²) >= 11 is 11.8. The summed E-state index contributed by atoms with van der Waals surface area (Å²) in [5.41, 5.74) is 1.11. The van der Waals surface area contributed by atoms with Gasteiger partial charge in [0.25, 0.3) is 0 Å². The Morgan fingerprint density at radius 3 is 2.17 bits per heavy atom. The maximum absolute atomic E-state index is 11.3. The molecule has 0 bridgehead atoms. The van der Waals surface area contributed by atoms with Gasteiger partial charge < -0.3 is 9.90 Å². The topological polar surface area (TPSA) is 40.1 Å². The third-order valence-corrected chi connectivity index (χ3v) is 3.25. The number of carbonyl (C=O) groups is 1. The third kappa shape index (κ3) is 2.66. The molecule has 2 rings (SSSR count). The second-order valence-corrected chi connectivity index (χ2v) is 4.67. The van der Waals surface area contributed by atoms with Crippen molar-refractivity contribution in [3.63, 3.8) is 0 Å². The van der Waals surface area contributed by atoms with Gasteiger partial charge in [0.2, 0.25) is 0 Å². The fourth-order valence-electron chi connectivity index (χ4n) is 1.81. The van der Waals surface area contributed by atoms with E-state index in [0.717, 1.165) is 0 Å². The maximum Gasteiger partial charge on any atom is 0.0534 e. The van der Waals surface area contributed by atoms with Gasteiger partial charge in [-0.05, 0) is 29.3 Å². The lowest BCUT2D eigenvalue weighted by atomic mass is 9.91. The van der Waals surface area contributed by atoms with Crippen molar-refractivity contribution in [2.45, 2.75) is 5.92 Å². The van der Waals surface area contributed by atoms with Crippen molar-refractivity contribution in [3.8, 4) is 0 Å². The van der Waals surface area contributed by atoms with Gasteiger partial charge in [-0.1, -0.05) is 53.5 Å². The Morgan fingerprint density at radius 2 is 1.61 bits per heavy atom. The Labute approximate surface area is 115 Å². The number of rotatable bonds is 3. The average Bonchev–Trinajstić information content (AvgIpc) is 2.34. The molecule has 2 aromatic carbocycles. The molecular formula is C14H9Cl2O2-. The number of halogens is 2. The molecule has 1 atom stereocenters. The number of carboxylic acids is 1. The van der Waals surface area contributed by atoms with Crippen LogP contribution in [0.5, 0.6) is 0 Å². The SMILES string of the molecule is O=C([O-])[C@@H](c1ccc(Cl)cc1)c1ccccc1Cl. The molecule has 0 amide bonds. The van der Waals surface area contributed by atoms with E-state index in [9.17, 15) is 9.90 Å². The number of carbonyl (C=O) groups excluding carboxylic acids is 1. The average molecular weight is 280 g/mol. The van der Waals surface area contributed by atoms with Crippen LogP contribution in [-0.2, 0) is 4.79 Å². The standard InChI is InChI=1S/C14H10Cl2O2/c15-10-7-5-9(6-8-10)13(14(17)18)11-3-1-2-4-12(11)16/h1-8,13H,(H,17,18)/p-1/t13-/m0/s1. The summed E-state index contributed by atoms with van der Waals surface area (Å²) in [5, 5.41) is 12.3. The van der Waals surface area contributed by atoms with Crippen LogP contribution in [0.3, 0.4) is 0 Å². The highest BCUT2D eigenvalue weighted by atomic mass is 35.5. The number of carboxylic acid groups (broad SMARTS) is 1. The van der Waals surface area contributed by atoms with E-state index >= 15 is 0 Å². The largest absolute Gasteiger partial charge is 0.549 e. The number of benzene rings is 2. The van der Waals surface area contributed by atoms with Gasteiger partial charge in [0.05, 0.1) is 11.9 Å². The minimum atomic E-state index is -1.19. The van der Waals surface area contributed by atoms with Gasteiger partial charge in [0.15, 0.2) is 0 Å². The first kappa shape index (κ1) is 12.9. The summed E-state index contributed by atoms with van der Waals surface area (Å²) in [7, 11) is 0. The molecule has 2 nitrogen and oxygen atoms in total. The zero-order valence-corrected chi connectivity index (χ0v) is 10.8. The first-order chi connectivity index (χ1) is 8.59. The quantitative estimate of drug-likeness (QED) is 0.867. The second-order valence-electron chi connectivity index (χ2n) is 3.83. The van der Waals surface area contributed by atoms with E-state index in [2.05, 4.69) is 0 Å². The highest BCUT2D eigenvalue weighted by molar-refractivity contribution is 6.31. The van der Waals surface area contributed by atoms with Crippen molar-refractivity contribution in [1.82, 2.24) is 0 Å². The van der Waals surface area contributed by atoms with Crippen LogP contribution in [-0.4, -0.2) is 5.97 Å². The van der Waals surface area contributed by atoms with E-state index in [1.54, 1.807) is 48.5 Å². The molecule has 0 unspecified atom stereocenters. The van der Waals surface area contributed by atoms with E-state index in [4.69, 9.17) is 23.2 Å². The van der Waals surface area contributed by atoms with Gasteiger partial charge in [-0.25, -0.2) is 0 Å². The Bertz CT molecular complexity index is 564. The van der Waals surface area contributed by atoms with Crippen molar-refractivity contribution >= 4 is 29.2 Å². The second kappa shape index (κ2) is 5.42. The third-order valence-electron chi connectivity index (χ3n) is 2.66. The van der Waals surface area contributed by atoms with E-state index < -0.39 is 11.9 Å². The molecule has 92 valence electrons. The van der Waals surface area contributed by atoms with Crippen LogP contribution in [0, 0.1) is 0 Å². The molecule has 0 aromatic heterocycles. The van der Waals surface area contributed by atoms with Crippen molar-refractivity contribution < 1.29 is 9.90 Å². The van der Waals surface area contributed by atoms with Crippen molar-refractivity contribution in [2.75, 3.05) is 0 Å². The number of aliphatic carboxylic acids is 1. The molecule has 0 spiro atoms. The van der Waals surface area contributed by atoms with Gasteiger partial charge in [-0.2, -0.15) is 0 Å². The lowest BCUT2D eigenvalue weighted by molar-refractivity contribution is -0.306. The fourth-order valence-corrected chi connectivity index (χ4v) is 2.18. The first-order valence-corrected chi connectivity index (χ1v) is 6.06. The number of hydrogen-bond donors (Lipinski definition) is 0. The molecule has 0 fully saturated rings. The smallest absolute Gasteiger partial charge is 0.0534 e. The Morgan fingerprint density at radius 1 is 1.00 bits per heavy atom. The molecule has 0 aliphatic carbocycles. The van der Waals surface area contributed by atoms with E-state index in [1.165, 1.54) is 0 Å². The molecule has 0 radical (unpaired) electrons. The van der Waals surface area contributed by atoms with Gasteiger partial charge in [-0.15, -0.1) is 0 Å². The van der Waals surface area contributed by atoms with E-state index in [-0.39, 0.29) is 0 Å². The summed E-state index contributed by atoms with van der Waals surface area (Å²) in [6.45, 7) is 0. The first-order valence-electron chi connectivity index (χ1n) is 5.30. The summed E-state index contributed by atoms with van der Waals surface area (Å²) in [6, 6.07) is 13.4. The molecule has 0 aliphatic heterocycles. The lowest BCUT2D eigenvalue weighted by Crippen LogP contribution is -2.30. The van der Waals surface area contributed by atoms with Gasteiger partial charge in [-0.3, -0.25) is 0 Å². The van der Waals surface area contributed by atoms with Gasteiger partial charge >= 0.3 is 0 Å². The van der Waals surface area contributed by atoms with Crippen molar-refractivity contribution in [2.24, 2.45) is 0 Å². The Kier molecular flexibility index (Phi) is 3.90. The van der Waals surface area contributed by atoms with E-state index in [0.29, 0.717) is 21.2 Å². The van der Waals surface area contributed by atoms with Crippen molar-refractivity contribution in [1.29, 1.82) is 0 Å². The molecule has 0 heterocycles. The van der Waals surface area contributed by atoms with E-state index in [1.807, 2.05) is 0 Å². The zero-order chi connectivity index (χ0) is 13.1. The van der Waals surface area contributed by atoms with Crippen LogP contribution < -0.4 is 5.11 Å². The molecule has 0 saturated carbocycles. The highest BCUT2D eigenvalue weighted by Gasteiger charge is 2.17. The molecule has 0 aliphatic rings. The predicted molar refractivity (Wildman–Crippen MR) is 69.8 cm³/mol. The normalized spacial score (nSPS) is 12.1. The van der Waals surface area contributed by atoms with Gasteiger partial charge in [0.1, 0.15) is 0 Å². The van der Waals surface area contributed by atoms with Crippen LogP contribution in [0.15, 0.2) is 48.5 Å². The summed E-state index contributed by atoms with van der Waals surface area (Å²) < 4.78 is 0. The van der Waals surface area contributed by atoms with Crippen LogP contribution >= 0.6 is 23.2 Å². The summed E-state index contributed by atoms with van der Waals surface area (Å²) in [6.07, 6.45) is 0. The molecule has 2 aromatic rings. The predicted octanol–water partition coefficient (Wildman–Crippen LogP) is 2.88. The zero-order valence-electron chi connectivity index (χ0n) is 9.27. The molecular weight excluding hydrogens is 271 g/mol. The van der Waals surface area contributed by atoms with Crippen molar-refractivity contribution in [3.05, 3.63) is 69.7 Å². The highest BCUT2D eigenvalue weighted by Crippen LogP contribution is 2.30. The summed E-state index contributed by atoms with van der Waals surface area (Å²) in [4.78, 5) is 11.3. The van der Waals surface area contributed by atoms with Crippen LogP contribution in [0.4, 0.5) is 0 Å². The maximum atomic E-state index is 11.3. The molecule has 0 saturated heterocycles. The molecule has 18 heavy (non-hydrogen) atoms. The van der Waals surface area contributed by atoms with Crippen LogP contribution in [0.25, 0.3) is 0 Å². The Balaban J connectivity index is 2.50. The Hall–Kier alpha value is -1.51. The summed E-state index contributed by atoms with van der Waals surface area (Å²) in [5.74, 6) is -2.08. The number of hydrogen-bond acceptors (Lipinski definition) is 2. The van der Waals surface area contributed by atoms with Crippen LogP contribution in [0.1, 0.15) is 17.0 Å². The van der Waals surface area contributed by atoms with Crippen LogP contribution in [0.2, 0.25) is 10.0 Å². The molecule has 4 heteroatoms. The minimum absolute atomic E-state index is 0.404. The van der Waals surface area contributed by atoms with Gasteiger partial charge in [0, 0.05) is 10.0 Å². The minimum Gasteiger partial charge on any atom is -0.549 e. The fraction of sp³-hybridized carbons (Fsp3) is 0.0714. The lowest BCUT2D eigenvalue weighted by Gasteiger charge is -2.20.